The zero-order valence-corrected chi connectivity index (χ0v) is 13.0. The summed E-state index contributed by atoms with van der Waals surface area (Å²) in [6, 6.07) is 9.19. The number of para-hydroxylation sites is 1. The molecular weight excluding hydrogens is 290 g/mol. The van der Waals surface area contributed by atoms with E-state index in [1.165, 1.54) is 12.4 Å². The molecule has 6 nitrogen and oxygen atoms in total. The van der Waals surface area contributed by atoms with Crippen molar-refractivity contribution in [2.24, 2.45) is 0 Å². The van der Waals surface area contributed by atoms with E-state index in [2.05, 4.69) is 33.6 Å². The number of hydrogen-bond acceptors (Lipinski definition) is 5. The van der Waals surface area contributed by atoms with Gasteiger partial charge in [0.25, 0.3) is 5.91 Å². The minimum absolute atomic E-state index is 0.176. The average Bonchev–Trinajstić information content (AvgIpc) is 2.59. The van der Waals surface area contributed by atoms with Gasteiger partial charge < -0.3 is 10.6 Å². The Bertz CT molecular complexity index is 691. The van der Waals surface area contributed by atoms with Crippen molar-refractivity contribution in [3.05, 3.63) is 47.8 Å². The Hall–Kier alpha value is -2.94. The Labute approximate surface area is 135 Å². The number of anilines is 2. The number of benzene rings is 1. The highest BCUT2D eigenvalue weighted by Crippen LogP contribution is 2.17. The molecule has 0 aliphatic carbocycles. The lowest BCUT2D eigenvalue weighted by atomic mass is 10.2. The molecule has 0 saturated heterocycles. The third-order valence-corrected chi connectivity index (χ3v) is 3.27. The normalized spacial score (nSPS) is 9.91. The zero-order chi connectivity index (χ0) is 16.5. The van der Waals surface area contributed by atoms with E-state index < -0.39 is 0 Å². The maximum absolute atomic E-state index is 11.9. The summed E-state index contributed by atoms with van der Waals surface area (Å²) in [6.07, 6.45) is 6.12. The van der Waals surface area contributed by atoms with Crippen molar-refractivity contribution in [2.45, 2.75) is 26.2 Å². The number of rotatable bonds is 7. The van der Waals surface area contributed by atoms with Crippen LogP contribution in [-0.2, 0) is 0 Å². The van der Waals surface area contributed by atoms with Gasteiger partial charge in [0.05, 0.1) is 16.8 Å². The second kappa shape index (κ2) is 8.49. The summed E-state index contributed by atoms with van der Waals surface area (Å²) in [5.74, 6) is 0.167. The Morgan fingerprint density at radius 2 is 1.96 bits per heavy atom. The molecule has 0 spiro atoms. The number of nitriles is 1. The lowest BCUT2D eigenvalue weighted by molar-refractivity contribution is 0.0952. The molecule has 6 heteroatoms. The number of aromatic nitrogens is 2. The summed E-state index contributed by atoms with van der Waals surface area (Å²) in [5, 5.41) is 14.9. The van der Waals surface area contributed by atoms with Crippen LogP contribution in [-0.4, -0.2) is 22.4 Å². The van der Waals surface area contributed by atoms with E-state index in [4.69, 9.17) is 5.26 Å². The van der Waals surface area contributed by atoms with E-state index in [1.54, 1.807) is 18.2 Å². The molecule has 0 bridgehead atoms. The molecule has 1 amide bonds. The quantitative estimate of drug-likeness (QED) is 0.767. The molecule has 2 rings (SSSR count). The molecule has 0 fully saturated rings. The molecule has 1 aromatic carbocycles. The summed E-state index contributed by atoms with van der Waals surface area (Å²) in [6.45, 7) is 2.77. The maximum Gasteiger partial charge on any atom is 0.254 e. The predicted octanol–water partition coefficient (Wildman–Crippen LogP) is 3.01. The van der Waals surface area contributed by atoms with Gasteiger partial charge in [0.1, 0.15) is 6.07 Å². The second-order valence-electron chi connectivity index (χ2n) is 5.04. The van der Waals surface area contributed by atoms with Crippen LogP contribution < -0.4 is 10.6 Å². The zero-order valence-electron chi connectivity index (χ0n) is 13.0. The van der Waals surface area contributed by atoms with Crippen LogP contribution in [0.3, 0.4) is 0 Å². The molecule has 0 saturated carbocycles. The van der Waals surface area contributed by atoms with Gasteiger partial charge in [0.15, 0.2) is 0 Å². The monoisotopic (exact) mass is 309 g/mol. The lowest BCUT2D eigenvalue weighted by Crippen LogP contribution is -2.24. The number of carbonyl (C=O) groups is 1. The fraction of sp³-hybridized carbons (Fsp3) is 0.294. The fourth-order valence-electron chi connectivity index (χ4n) is 2.00. The van der Waals surface area contributed by atoms with Crippen molar-refractivity contribution in [3.63, 3.8) is 0 Å². The van der Waals surface area contributed by atoms with Crippen molar-refractivity contribution in [1.29, 1.82) is 5.26 Å². The van der Waals surface area contributed by atoms with Gasteiger partial charge in [-0.1, -0.05) is 31.9 Å². The molecule has 0 atom stereocenters. The average molecular weight is 309 g/mol. The molecule has 0 unspecified atom stereocenters. The van der Waals surface area contributed by atoms with Crippen molar-refractivity contribution in [3.8, 4) is 6.07 Å². The predicted molar refractivity (Wildman–Crippen MR) is 88.3 cm³/mol. The highest BCUT2D eigenvalue weighted by Gasteiger charge is 2.07. The summed E-state index contributed by atoms with van der Waals surface area (Å²) in [5.41, 5.74) is 1.56. The Morgan fingerprint density at radius 3 is 2.65 bits per heavy atom. The summed E-state index contributed by atoms with van der Waals surface area (Å²) >= 11 is 0. The van der Waals surface area contributed by atoms with Crippen molar-refractivity contribution in [2.75, 3.05) is 11.9 Å². The first-order chi connectivity index (χ1) is 11.2. The van der Waals surface area contributed by atoms with E-state index >= 15 is 0 Å². The molecule has 0 aliphatic heterocycles. The van der Waals surface area contributed by atoms with Gasteiger partial charge in [-0.15, -0.1) is 0 Å². The van der Waals surface area contributed by atoms with E-state index in [0.29, 0.717) is 29.3 Å². The topological polar surface area (TPSA) is 90.7 Å². The Morgan fingerprint density at radius 1 is 1.22 bits per heavy atom. The third kappa shape index (κ3) is 4.78. The lowest BCUT2D eigenvalue weighted by Gasteiger charge is -2.07. The Balaban J connectivity index is 1.97. The van der Waals surface area contributed by atoms with E-state index in [0.717, 1.165) is 19.3 Å². The largest absolute Gasteiger partial charge is 0.352 e. The first-order valence-electron chi connectivity index (χ1n) is 7.61. The van der Waals surface area contributed by atoms with Crippen molar-refractivity contribution < 1.29 is 4.79 Å². The third-order valence-electron chi connectivity index (χ3n) is 3.27. The van der Waals surface area contributed by atoms with E-state index in [1.807, 2.05) is 6.07 Å². The number of unbranched alkanes of at least 4 members (excludes halogenated alkanes) is 2. The van der Waals surface area contributed by atoms with Gasteiger partial charge in [0.2, 0.25) is 5.95 Å². The smallest absolute Gasteiger partial charge is 0.254 e. The van der Waals surface area contributed by atoms with Crippen LogP contribution in [0.25, 0.3) is 0 Å². The van der Waals surface area contributed by atoms with Gasteiger partial charge in [-0.05, 0) is 18.6 Å². The standard InChI is InChI=1S/C17H19N5O/c1-2-3-6-9-19-16(23)14-11-20-17(21-12-14)22-15-8-5-4-7-13(15)10-18/h4-5,7-8,11-12H,2-3,6,9H2,1H3,(H,19,23)(H,20,21,22). The summed E-state index contributed by atoms with van der Waals surface area (Å²) in [7, 11) is 0. The van der Waals surface area contributed by atoms with E-state index in [9.17, 15) is 4.79 Å². The molecule has 118 valence electrons. The van der Waals surface area contributed by atoms with Crippen LogP contribution in [0.15, 0.2) is 36.7 Å². The highest BCUT2D eigenvalue weighted by atomic mass is 16.1. The van der Waals surface area contributed by atoms with Crippen LogP contribution in [0.5, 0.6) is 0 Å². The van der Waals surface area contributed by atoms with E-state index in [-0.39, 0.29) is 5.91 Å². The number of hydrogen-bond donors (Lipinski definition) is 2. The first kappa shape index (κ1) is 16.4. The van der Waals surface area contributed by atoms with Gasteiger partial charge in [-0.25, -0.2) is 9.97 Å². The van der Waals surface area contributed by atoms with Gasteiger partial charge >= 0.3 is 0 Å². The van der Waals surface area contributed by atoms with Gasteiger partial charge in [-0.3, -0.25) is 4.79 Å². The minimum atomic E-state index is -0.176. The van der Waals surface area contributed by atoms with Gasteiger partial charge in [0, 0.05) is 18.9 Å². The van der Waals surface area contributed by atoms with Crippen LogP contribution in [0.1, 0.15) is 42.1 Å². The number of nitrogens with one attached hydrogen (secondary N) is 2. The molecular formula is C17H19N5O. The SMILES string of the molecule is CCCCCNC(=O)c1cnc(Nc2ccccc2C#N)nc1. The molecule has 2 aromatic rings. The Kier molecular flexibility index (Phi) is 6.07. The summed E-state index contributed by atoms with van der Waals surface area (Å²) in [4.78, 5) is 20.2. The van der Waals surface area contributed by atoms with Crippen LogP contribution in [0.4, 0.5) is 11.6 Å². The first-order valence-corrected chi connectivity index (χ1v) is 7.61. The number of nitrogens with zero attached hydrogens (tertiary/aromatic N) is 3. The molecule has 0 aliphatic rings. The minimum Gasteiger partial charge on any atom is -0.352 e. The maximum atomic E-state index is 11.9. The van der Waals surface area contributed by atoms with Crippen molar-refractivity contribution >= 4 is 17.5 Å². The highest BCUT2D eigenvalue weighted by molar-refractivity contribution is 5.93. The van der Waals surface area contributed by atoms with Crippen molar-refractivity contribution in [1.82, 2.24) is 15.3 Å². The molecule has 23 heavy (non-hydrogen) atoms. The molecule has 0 radical (unpaired) electrons. The molecule has 2 N–H and O–H groups in total. The number of carbonyl (C=O) groups excluding carboxylic acids is 1. The molecule has 1 aromatic heterocycles. The van der Waals surface area contributed by atoms with Crippen LogP contribution in [0, 0.1) is 11.3 Å². The fourth-order valence-corrected chi connectivity index (χ4v) is 2.00. The van der Waals surface area contributed by atoms with Crippen LogP contribution >= 0.6 is 0 Å². The molecule has 1 heterocycles. The summed E-state index contributed by atoms with van der Waals surface area (Å²) < 4.78 is 0. The van der Waals surface area contributed by atoms with Gasteiger partial charge in [-0.2, -0.15) is 5.26 Å². The second-order valence-corrected chi connectivity index (χ2v) is 5.04. The number of amides is 1. The van der Waals surface area contributed by atoms with Crippen LogP contribution in [0.2, 0.25) is 0 Å².